The summed E-state index contributed by atoms with van der Waals surface area (Å²) in [4.78, 5) is 36.6. The Morgan fingerprint density at radius 2 is 1.97 bits per heavy atom. The Balaban J connectivity index is 1.55. The van der Waals surface area contributed by atoms with Crippen molar-refractivity contribution in [2.45, 2.75) is 45.4 Å². The number of hydrogen-bond acceptors (Lipinski definition) is 10. The molecule has 5 rings (SSSR count). The van der Waals surface area contributed by atoms with Gasteiger partial charge in [-0.25, -0.2) is 29.7 Å². The molecule has 2 atom stereocenters. The van der Waals surface area contributed by atoms with Gasteiger partial charge >= 0.3 is 6.03 Å². The molecule has 2 amide bonds. The summed E-state index contributed by atoms with van der Waals surface area (Å²) >= 11 is 1.37. The summed E-state index contributed by atoms with van der Waals surface area (Å²) in [6.45, 7) is 7.84. The molecule has 4 N–H and O–H groups in total. The van der Waals surface area contributed by atoms with Crippen molar-refractivity contribution < 1.29 is 15.0 Å². The summed E-state index contributed by atoms with van der Waals surface area (Å²) in [5.41, 5.74) is 4.02. The third kappa shape index (κ3) is 5.78. The minimum Gasteiger partial charge on any atom is -0.389 e. The normalized spacial score (nSPS) is 18.6. The number of hydrogen-bond donors (Lipinski definition) is 4. The highest BCUT2D eigenvalue weighted by atomic mass is 32.1. The van der Waals surface area contributed by atoms with E-state index in [1.807, 2.05) is 32.0 Å². The fourth-order valence-electron chi connectivity index (χ4n) is 4.48. The number of aliphatic hydroxyl groups excluding tert-OH is 1. The number of anilines is 1. The molecule has 0 saturated carbocycles. The molecular weight excluding hydrogens is 504 g/mol. The molecule has 38 heavy (non-hydrogen) atoms. The van der Waals surface area contributed by atoms with Crippen LogP contribution in [0.4, 0.5) is 9.93 Å². The molecule has 0 bridgehead atoms. The van der Waals surface area contributed by atoms with E-state index in [2.05, 4.69) is 40.5 Å². The van der Waals surface area contributed by atoms with Gasteiger partial charge in [0.1, 0.15) is 12.4 Å². The molecule has 11 nitrogen and oxygen atoms in total. The number of carbonyl (C=O) groups excluding carboxylic acids is 1. The molecule has 4 heterocycles. The molecule has 3 aromatic heterocycles. The predicted molar refractivity (Wildman–Crippen MR) is 146 cm³/mol. The number of carbonyl (C=O) groups is 1. The van der Waals surface area contributed by atoms with Gasteiger partial charge in [-0.3, -0.25) is 10.2 Å². The molecular formula is C26H30N8O3S. The van der Waals surface area contributed by atoms with Crippen LogP contribution in [0.3, 0.4) is 0 Å². The molecule has 0 spiro atoms. The SMILES string of the molecule is CCNC(=O)Nc1nc2cc(-c3cnc(C(C)O)nc3)cc(-c3cc(CN4CCC(C)(O)C4)ncn3)c2s1. The number of thiazole rings is 1. The van der Waals surface area contributed by atoms with Crippen molar-refractivity contribution in [2.75, 3.05) is 25.0 Å². The Kier molecular flexibility index (Phi) is 7.30. The lowest BCUT2D eigenvalue weighted by molar-refractivity contribution is 0.0677. The Bertz CT molecular complexity index is 1450. The maximum absolute atomic E-state index is 12.1. The van der Waals surface area contributed by atoms with Gasteiger partial charge in [-0.2, -0.15) is 0 Å². The minimum absolute atomic E-state index is 0.318. The third-order valence-electron chi connectivity index (χ3n) is 6.34. The molecule has 1 saturated heterocycles. The highest BCUT2D eigenvalue weighted by molar-refractivity contribution is 7.22. The lowest BCUT2D eigenvalue weighted by atomic mass is 10.0. The van der Waals surface area contributed by atoms with Crippen molar-refractivity contribution in [1.29, 1.82) is 0 Å². The van der Waals surface area contributed by atoms with Crippen LogP contribution in [0, 0.1) is 0 Å². The predicted octanol–water partition coefficient (Wildman–Crippen LogP) is 3.36. The van der Waals surface area contributed by atoms with E-state index in [1.165, 1.54) is 11.3 Å². The third-order valence-corrected chi connectivity index (χ3v) is 7.36. The first-order valence-electron chi connectivity index (χ1n) is 12.5. The molecule has 0 aliphatic carbocycles. The zero-order chi connectivity index (χ0) is 26.9. The number of amides is 2. The van der Waals surface area contributed by atoms with Crippen LogP contribution in [0.5, 0.6) is 0 Å². The van der Waals surface area contributed by atoms with Crippen molar-refractivity contribution in [2.24, 2.45) is 0 Å². The first-order valence-corrected chi connectivity index (χ1v) is 13.3. The molecule has 1 aromatic carbocycles. The van der Waals surface area contributed by atoms with E-state index in [-0.39, 0.29) is 6.03 Å². The van der Waals surface area contributed by atoms with Crippen LogP contribution in [-0.2, 0) is 6.54 Å². The number of nitrogens with zero attached hydrogens (tertiary/aromatic N) is 6. The number of urea groups is 1. The van der Waals surface area contributed by atoms with Gasteiger partial charge in [0.05, 0.1) is 27.2 Å². The maximum Gasteiger partial charge on any atom is 0.321 e. The van der Waals surface area contributed by atoms with Crippen LogP contribution in [-0.4, -0.2) is 71.3 Å². The average Bonchev–Trinajstić information content (AvgIpc) is 3.45. The quantitative estimate of drug-likeness (QED) is 0.280. The summed E-state index contributed by atoms with van der Waals surface area (Å²) < 4.78 is 0.871. The lowest BCUT2D eigenvalue weighted by Gasteiger charge is -2.18. The fourth-order valence-corrected chi connectivity index (χ4v) is 5.45. The molecule has 2 unspecified atom stereocenters. The second-order valence-electron chi connectivity index (χ2n) is 9.73. The topological polar surface area (TPSA) is 149 Å². The monoisotopic (exact) mass is 534 g/mol. The van der Waals surface area contributed by atoms with E-state index in [1.54, 1.807) is 25.6 Å². The van der Waals surface area contributed by atoms with E-state index in [0.717, 1.165) is 45.7 Å². The number of benzene rings is 1. The summed E-state index contributed by atoms with van der Waals surface area (Å²) in [6, 6.07) is 5.56. The van der Waals surface area contributed by atoms with Crippen molar-refractivity contribution >= 4 is 32.7 Å². The molecule has 1 fully saturated rings. The Labute approximate surface area is 224 Å². The number of aromatic nitrogens is 5. The average molecular weight is 535 g/mol. The van der Waals surface area contributed by atoms with Gasteiger partial charge in [0.15, 0.2) is 11.0 Å². The largest absolute Gasteiger partial charge is 0.389 e. The zero-order valence-electron chi connectivity index (χ0n) is 21.5. The van der Waals surface area contributed by atoms with Crippen molar-refractivity contribution in [1.82, 2.24) is 35.1 Å². The van der Waals surface area contributed by atoms with Crippen molar-refractivity contribution in [3.63, 3.8) is 0 Å². The zero-order valence-corrected chi connectivity index (χ0v) is 22.3. The summed E-state index contributed by atoms with van der Waals surface area (Å²) in [5, 5.41) is 26.1. The van der Waals surface area contributed by atoms with E-state index in [9.17, 15) is 15.0 Å². The summed E-state index contributed by atoms with van der Waals surface area (Å²) in [6.07, 6.45) is 4.86. The van der Waals surface area contributed by atoms with Crippen LogP contribution in [0.25, 0.3) is 32.6 Å². The van der Waals surface area contributed by atoms with Gasteiger partial charge in [-0.1, -0.05) is 11.3 Å². The number of β-amino-alcohol motifs (C(OH)–C–C–N with tert-alkyl or cyclic N) is 1. The lowest BCUT2D eigenvalue weighted by Crippen LogP contribution is -2.29. The van der Waals surface area contributed by atoms with Gasteiger partial charge in [0.2, 0.25) is 0 Å². The Morgan fingerprint density at radius 1 is 1.18 bits per heavy atom. The number of rotatable bonds is 7. The summed E-state index contributed by atoms with van der Waals surface area (Å²) in [7, 11) is 0. The first-order chi connectivity index (χ1) is 18.2. The highest BCUT2D eigenvalue weighted by Gasteiger charge is 2.31. The van der Waals surface area contributed by atoms with Crippen LogP contribution < -0.4 is 10.6 Å². The van der Waals surface area contributed by atoms with Gasteiger partial charge < -0.3 is 15.5 Å². The first kappa shape index (κ1) is 26.0. The standard InChI is InChI=1S/C26H30N8O3S/c1-4-27-24(36)33-25-32-21-8-16(17-10-28-23(15(2)35)29-11-17)7-19(22(21)38-25)20-9-18(30-14-31-20)12-34-6-5-26(3,37)13-34/h7-11,14-15,35,37H,4-6,12-13H2,1-3H3,(H2,27,32,33,36). The van der Waals surface area contributed by atoms with Gasteiger partial charge in [0, 0.05) is 49.7 Å². The smallest absolute Gasteiger partial charge is 0.321 e. The van der Waals surface area contributed by atoms with Crippen molar-refractivity contribution in [3.8, 4) is 22.4 Å². The summed E-state index contributed by atoms with van der Waals surface area (Å²) in [5.74, 6) is 0.346. The molecule has 1 aliphatic rings. The Hall–Kier alpha value is -3.58. The highest BCUT2D eigenvalue weighted by Crippen LogP contribution is 2.38. The van der Waals surface area contributed by atoms with E-state index in [4.69, 9.17) is 0 Å². The molecule has 4 aromatic rings. The molecule has 0 radical (unpaired) electrons. The van der Waals surface area contributed by atoms with E-state index >= 15 is 0 Å². The molecule has 12 heteroatoms. The van der Waals surface area contributed by atoms with Crippen LogP contribution in [0.1, 0.15) is 44.8 Å². The number of likely N-dealkylation sites (tertiary alicyclic amines) is 1. The molecule has 198 valence electrons. The molecule has 1 aliphatic heterocycles. The number of fused-ring (bicyclic) bond motifs is 1. The second-order valence-corrected chi connectivity index (χ2v) is 10.7. The van der Waals surface area contributed by atoms with Gasteiger partial charge in [-0.15, -0.1) is 0 Å². The van der Waals surface area contributed by atoms with Crippen LogP contribution in [0.2, 0.25) is 0 Å². The minimum atomic E-state index is -0.762. The fraction of sp³-hybridized carbons (Fsp3) is 0.385. The van der Waals surface area contributed by atoms with Crippen LogP contribution in [0.15, 0.2) is 36.9 Å². The van der Waals surface area contributed by atoms with Crippen LogP contribution >= 0.6 is 11.3 Å². The number of aliphatic hydroxyl groups is 2. The second kappa shape index (κ2) is 10.7. The van der Waals surface area contributed by atoms with E-state index < -0.39 is 11.7 Å². The Morgan fingerprint density at radius 3 is 2.66 bits per heavy atom. The number of nitrogens with one attached hydrogen (secondary N) is 2. The maximum atomic E-state index is 12.1. The van der Waals surface area contributed by atoms with Crippen molar-refractivity contribution in [3.05, 3.63) is 48.4 Å². The van der Waals surface area contributed by atoms with Gasteiger partial charge in [0.25, 0.3) is 0 Å². The van der Waals surface area contributed by atoms with E-state index in [0.29, 0.717) is 36.1 Å². The van der Waals surface area contributed by atoms with Gasteiger partial charge in [-0.05, 0) is 51.0 Å².